The number of ether oxygens (including phenoxy) is 7. The van der Waals surface area contributed by atoms with Crippen molar-refractivity contribution in [3.05, 3.63) is 11.6 Å². The van der Waals surface area contributed by atoms with Gasteiger partial charge in [-0.15, -0.1) is 0 Å². The van der Waals surface area contributed by atoms with Crippen molar-refractivity contribution in [1.29, 1.82) is 0 Å². The Morgan fingerprint density at radius 2 is 1.29 bits per heavy atom. The van der Waals surface area contributed by atoms with Crippen molar-refractivity contribution in [3.8, 4) is 0 Å². The lowest BCUT2D eigenvalue weighted by Crippen LogP contribution is -2.62. The Kier molecular flexibility index (Phi) is 16.0. The van der Waals surface area contributed by atoms with Gasteiger partial charge in [-0.1, -0.05) is 13.8 Å². The molecule has 65 heavy (non-hydrogen) atoms. The number of hydrogen-bond donors (Lipinski definition) is 9. The van der Waals surface area contributed by atoms with E-state index in [4.69, 9.17) is 53.6 Å². The lowest BCUT2D eigenvalue weighted by Gasteiger charge is -2.64. The highest BCUT2D eigenvalue weighted by Gasteiger charge is 2.68. The van der Waals surface area contributed by atoms with Crippen molar-refractivity contribution in [2.45, 2.75) is 229 Å². The number of fused-ring (bicyclic) bond motifs is 5. The van der Waals surface area contributed by atoms with E-state index < -0.39 is 104 Å². The molecule has 0 aromatic heterocycles. The summed E-state index contributed by atoms with van der Waals surface area (Å²) < 4.78 is 42.2. The van der Waals surface area contributed by atoms with Crippen LogP contribution < -0.4 is 0 Å². The maximum atomic E-state index is 12.6. The fourth-order valence-corrected chi connectivity index (χ4v) is 13.4. The van der Waals surface area contributed by atoms with Crippen LogP contribution in [0.2, 0.25) is 0 Å². The first-order valence-corrected chi connectivity index (χ1v) is 24.0. The Bertz CT molecular complexity index is 1630. The Morgan fingerprint density at radius 3 is 1.83 bits per heavy atom. The first-order chi connectivity index (χ1) is 30.6. The molecule has 0 amide bonds. The lowest BCUT2D eigenvalue weighted by atomic mass is 9.43. The molecule has 8 aliphatic rings. The van der Waals surface area contributed by atoms with Gasteiger partial charge in [0.15, 0.2) is 25.2 Å². The van der Waals surface area contributed by atoms with Gasteiger partial charge in [0.25, 0.3) is 0 Å². The van der Waals surface area contributed by atoms with E-state index in [0.29, 0.717) is 18.4 Å². The maximum Gasteiger partial charge on any atom is 0.331 e. The van der Waals surface area contributed by atoms with Gasteiger partial charge < -0.3 is 83.9 Å². The molecule has 0 aromatic carbocycles. The molecule has 9 N–H and O–H groups in total. The molecule has 7 fully saturated rings. The Labute approximate surface area is 381 Å². The summed E-state index contributed by atoms with van der Waals surface area (Å²) in [6.45, 7) is 11.6. The topological polar surface area (TPSA) is 281 Å². The molecule has 4 heterocycles. The van der Waals surface area contributed by atoms with E-state index in [-0.39, 0.29) is 60.3 Å². The van der Waals surface area contributed by atoms with Gasteiger partial charge in [-0.3, -0.25) is 0 Å². The van der Waals surface area contributed by atoms with Crippen LogP contribution in [0.4, 0.5) is 0 Å². The van der Waals surface area contributed by atoms with Crippen molar-refractivity contribution < 1.29 is 88.7 Å². The van der Waals surface area contributed by atoms with Gasteiger partial charge in [0.05, 0.1) is 54.4 Å². The maximum absolute atomic E-state index is 12.6. The molecule has 0 unspecified atom stereocenters. The molecule has 4 saturated carbocycles. The molecule has 18 heteroatoms. The van der Waals surface area contributed by atoms with E-state index in [2.05, 4.69) is 13.8 Å². The van der Waals surface area contributed by atoms with Gasteiger partial charge in [-0.2, -0.15) is 0 Å². The molecule has 4 aliphatic carbocycles. The molecular weight excluding hydrogens is 852 g/mol. The largest absolute Gasteiger partial charge is 0.458 e. The van der Waals surface area contributed by atoms with E-state index in [9.17, 15) is 35.1 Å². The lowest BCUT2D eigenvalue weighted by molar-refractivity contribution is -0.336. The van der Waals surface area contributed by atoms with Gasteiger partial charge in [0.1, 0.15) is 43.2 Å². The normalized spacial score (nSPS) is 49.4. The number of aldehydes is 1. The number of carbonyl (C=O) groups excluding carboxylic acids is 2. The van der Waals surface area contributed by atoms with Crippen LogP contribution in [0.1, 0.15) is 119 Å². The van der Waals surface area contributed by atoms with E-state index in [1.165, 1.54) is 6.92 Å². The number of aliphatic hydroxyl groups is 9. The first kappa shape index (κ1) is 51.1. The standard InChI is InChI=1S/C41H64O13.C6H12O5/c1-20-36(46)29(42)16-34(49-20)53-38-22(3)51-35(18-31(38)44)54-37-21(2)50-33(17-30(37)43)52-25-8-11-39(4)24(15-25)6-7-28-27(39)9-12-40(5)26(10-13-41(28,40)47)23-14-32(45)48-19-23;1-3(8)5(10)6(11)4(9)2-7/h14,20-22,24-31,33-38,42-44,46-47H,6-13,15-19H2,1-5H3;2-6,8-11H,1H3/t20-,21-,22-,24-,25+,26-,27+,28-,29+,30+,31+,33+,34+,35+,36-,37-,38-,39+,40-,41+;3-,4-,5-,6-/m10/s1. The number of cyclic esters (lactones) is 1. The summed E-state index contributed by atoms with van der Waals surface area (Å²) in [6.07, 6.45) is -3.97. The van der Waals surface area contributed by atoms with Gasteiger partial charge in [0, 0.05) is 30.8 Å². The van der Waals surface area contributed by atoms with E-state index in [1.54, 1.807) is 19.9 Å². The molecule has 0 spiro atoms. The fraction of sp³-hybridized carbons (Fsp3) is 0.915. The minimum atomic E-state index is -1.65. The second-order valence-corrected chi connectivity index (χ2v) is 21.1. The van der Waals surface area contributed by atoms with Crippen LogP contribution in [0, 0.1) is 34.5 Å². The molecule has 8 rings (SSSR count). The third-order valence-corrected chi connectivity index (χ3v) is 17.2. The van der Waals surface area contributed by atoms with Crippen LogP contribution in [-0.4, -0.2) is 175 Å². The minimum absolute atomic E-state index is 0.0243. The number of rotatable bonds is 11. The molecule has 4 aliphatic heterocycles. The fourth-order valence-electron chi connectivity index (χ4n) is 13.4. The predicted molar refractivity (Wildman–Crippen MR) is 227 cm³/mol. The Hall–Kier alpha value is -1.72. The van der Waals surface area contributed by atoms with Crippen LogP contribution in [0.5, 0.6) is 0 Å². The Balaban J connectivity index is 0.000000509. The van der Waals surface area contributed by atoms with Crippen molar-refractivity contribution in [2.75, 3.05) is 6.61 Å². The molecule has 0 bridgehead atoms. The van der Waals surface area contributed by atoms with Crippen molar-refractivity contribution in [2.24, 2.45) is 34.5 Å². The minimum Gasteiger partial charge on any atom is -0.458 e. The highest BCUT2D eigenvalue weighted by molar-refractivity contribution is 5.85. The van der Waals surface area contributed by atoms with Crippen molar-refractivity contribution >= 4 is 12.3 Å². The summed E-state index contributed by atoms with van der Waals surface area (Å²) >= 11 is 0. The zero-order chi connectivity index (χ0) is 47.3. The van der Waals surface area contributed by atoms with Crippen LogP contribution in [0.3, 0.4) is 0 Å². The molecule has 24 atom stereocenters. The van der Waals surface area contributed by atoms with E-state index >= 15 is 0 Å². The monoisotopic (exact) mass is 929 g/mol. The quantitative estimate of drug-likeness (QED) is 0.0791. The molecule has 18 nitrogen and oxygen atoms in total. The molecule has 3 saturated heterocycles. The van der Waals surface area contributed by atoms with Crippen molar-refractivity contribution in [1.82, 2.24) is 0 Å². The van der Waals surface area contributed by atoms with Crippen LogP contribution in [-0.2, 0) is 42.7 Å². The number of esters is 1. The van der Waals surface area contributed by atoms with Crippen LogP contribution in [0.15, 0.2) is 11.6 Å². The summed E-state index contributed by atoms with van der Waals surface area (Å²) in [6, 6.07) is 0. The van der Waals surface area contributed by atoms with Crippen LogP contribution in [0.25, 0.3) is 0 Å². The Morgan fingerprint density at radius 1 is 0.708 bits per heavy atom. The number of hydrogen-bond acceptors (Lipinski definition) is 18. The molecular formula is C47H76O18. The summed E-state index contributed by atoms with van der Waals surface area (Å²) in [4.78, 5) is 21.8. The summed E-state index contributed by atoms with van der Waals surface area (Å²) in [7, 11) is 0. The predicted octanol–water partition coefficient (Wildman–Crippen LogP) is 0.896. The SMILES string of the molecule is C[C@H](O)[C@H](O)[C@@H](O)[C@@H](O)C=O.C[C@H]1O[C@@H](O[C@H]2[C@@H](O)C[C@H](O[C@H]3[C@@H](O)C[C@H](O[C@H]4CC[C@@]5(C)[C@H](CC[C@@H]6[C@@H]5CC[C@]5(C)[C@@H](C7=CC(=O)OC7)CC[C@]65O)C4)O[C@@H]3C)O[C@@H]2C)C[C@H](O)[C@@H]1O. The van der Waals surface area contributed by atoms with Gasteiger partial charge in [-0.05, 0) is 120 Å². The summed E-state index contributed by atoms with van der Waals surface area (Å²) in [5.41, 5.74) is 0.215. The molecule has 0 aromatic rings. The third kappa shape index (κ3) is 10.2. The summed E-state index contributed by atoms with van der Waals surface area (Å²) in [5, 5.41) is 90.1. The van der Waals surface area contributed by atoms with E-state index in [0.717, 1.165) is 63.4 Å². The third-order valence-electron chi connectivity index (χ3n) is 17.2. The van der Waals surface area contributed by atoms with Crippen LogP contribution >= 0.6 is 0 Å². The molecule has 0 radical (unpaired) electrons. The van der Waals surface area contributed by atoms with E-state index in [1.807, 2.05) is 6.92 Å². The van der Waals surface area contributed by atoms with Gasteiger partial charge >= 0.3 is 5.97 Å². The zero-order valence-corrected chi connectivity index (χ0v) is 38.7. The second-order valence-electron chi connectivity index (χ2n) is 21.1. The zero-order valence-electron chi connectivity index (χ0n) is 38.7. The average Bonchev–Trinajstić information content (AvgIpc) is 3.80. The second kappa shape index (κ2) is 20.3. The molecule has 372 valence electrons. The summed E-state index contributed by atoms with van der Waals surface area (Å²) in [5.74, 6) is 1.13. The highest BCUT2D eigenvalue weighted by atomic mass is 16.7. The average molecular weight is 929 g/mol. The smallest absolute Gasteiger partial charge is 0.331 e. The van der Waals surface area contributed by atoms with Gasteiger partial charge in [0.2, 0.25) is 0 Å². The number of aliphatic hydroxyl groups excluding tert-OH is 8. The van der Waals surface area contributed by atoms with Crippen molar-refractivity contribution in [3.63, 3.8) is 0 Å². The number of carbonyl (C=O) groups is 2. The first-order valence-electron chi connectivity index (χ1n) is 24.0. The highest BCUT2D eigenvalue weighted by Crippen LogP contribution is 2.70. The van der Waals surface area contributed by atoms with Gasteiger partial charge in [-0.25, -0.2) is 4.79 Å².